The fourth-order valence-corrected chi connectivity index (χ4v) is 2.46. The minimum absolute atomic E-state index is 0.112. The molecule has 0 saturated carbocycles. The fraction of sp³-hybridized carbons (Fsp3) is 0.286. The number of furan rings is 1. The molecule has 7 heteroatoms. The third-order valence-corrected chi connectivity index (χ3v) is 3.64. The summed E-state index contributed by atoms with van der Waals surface area (Å²) >= 11 is 1.57. The van der Waals surface area contributed by atoms with Gasteiger partial charge in [-0.15, -0.1) is 11.3 Å². The van der Waals surface area contributed by atoms with Crippen molar-refractivity contribution in [1.82, 2.24) is 10.2 Å². The van der Waals surface area contributed by atoms with Gasteiger partial charge in [0, 0.05) is 4.88 Å². The van der Waals surface area contributed by atoms with E-state index in [0.29, 0.717) is 18.8 Å². The molecule has 0 atom stereocenters. The maximum atomic E-state index is 12.2. The molecule has 6 nitrogen and oxygen atoms in total. The first-order chi connectivity index (χ1) is 10.2. The first-order valence-electron chi connectivity index (χ1n) is 6.33. The smallest absolute Gasteiger partial charge is 0.407 e. The number of thiophene rings is 1. The Kier molecular flexibility index (Phi) is 5.39. The van der Waals surface area contributed by atoms with Gasteiger partial charge in [0.05, 0.1) is 26.5 Å². The molecule has 21 heavy (non-hydrogen) atoms. The predicted molar refractivity (Wildman–Crippen MR) is 77.7 cm³/mol. The minimum atomic E-state index is -0.627. The van der Waals surface area contributed by atoms with E-state index in [-0.39, 0.29) is 12.5 Å². The van der Waals surface area contributed by atoms with Gasteiger partial charge in [0.2, 0.25) is 5.91 Å². The number of carbonyl (C=O) groups excluding carboxylic acids is 2. The molecule has 0 spiro atoms. The summed E-state index contributed by atoms with van der Waals surface area (Å²) in [6, 6.07) is 7.47. The second kappa shape index (κ2) is 7.49. The number of nitrogens with zero attached hydrogens (tertiary/aromatic N) is 1. The Labute approximate surface area is 126 Å². The Bertz CT molecular complexity index is 530. The van der Waals surface area contributed by atoms with Crippen LogP contribution >= 0.6 is 11.3 Å². The molecule has 2 amide bonds. The molecule has 0 aliphatic heterocycles. The lowest BCUT2D eigenvalue weighted by Gasteiger charge is -2.21. The van der Waals surface area contributed by atoms with Crippen LogP contribution in [0.15, 0.2) is 40.3 Å². The van der Waals surface area contributed by atoms with Gasteiger partial charge in [-0.1, -0.05) is 6.07 Å². The van der Waals surface area contributed by atoms with Gasteiger partial charge < -0.3 is 19.4 Å². The van der Waals surface area contributed by atoms with Crippen LogP contribution in [0.1, 0.15) is 10.6 Å². The van der Waals surface area contributed by atoms with Crippen LogP contribution in [0.4, 0.5) is 4.79 Å². The highest BCUT2D eigenvalue weighted by Crippen LogP contribution is 2.14. The van der Waals surface area contributed by atoms with Crippen LogP contribution in [0.25, 0.3) is 0 Å². The molecular formula is C14H16N2O4S. The predicted octanol–water partition coefficient (Wildman–Crippen LogP) is 2.23. The zero-order chi connectivity index (χ0) is 15.1. The first kappa shape index (κ1) is 15.1. The summed E-state index contributed by atoms with van der Waals surface area (Å²) in [6.45, 7) is 0.714. The molecule has 112 valence electrons. The Morgan fingerprint density at radius 3 is 2.81 bits per heavy atom. The molecule has 0 aliphatic carbocycles. The van der Waals surface area contributed by atoms with Gasteiger partial charge in [-0.25, -0.2) is 4.79 Å². The number of carbonyl (C=O) groups is 2. The molecule has 0 aromatic carbocycles. The molecular weight excluding hydrogens is 292 g/mol. The molecule has 1 N–H and O–H groups in total. The minimum Gasteiger partial charge on any atom is -0.467 e. The summed E-state index contributed by atoms with van der Waals surface area (Å²) in [5.74, 6) is 0.489. The van der Waals surface area contributed by atoms with Crippen molar-refractivity contribution < 1.29 is 18.7 Å². The van der Waals surface area contributed by atoms with Gasteiger partial charge in [-0.05, 0) is 23.6 Å². The summed E-state index contributed by atoms with van der Waals surface area (Å²) < 4.78 is 9.73. The van der Waals surface area contributed by atoms with E-state index >= 15 is 0 Å². The molecule has 0 aliphatic rings. The van der Waals surface area contributed by atoms with Crippen molar-refractivity contribution in [3.8, 4) is 0 Å². The van der Waals surface area contributed by atoms with Crippen LogP contribution in [0.5, 0.6) is 0 Å². The second-order valence-corrected chi connectivity index (χ2v) is 5.29. The topological polar surface area (TPSA) is 71.8 Å². The maximum Gasteiger partial charge on any atom is 0.407 e. The number of methoxy groups -OCH3 is 1. The van der Waals surface area contributed by atoms with Crippen LogP contribution < -0.4 is 5.32 Å². The Morgan fingerprint density at radius 1 is 1.33 bits per heavy atom. The molecule has 0 saturated heterocycles. The molecule has 0 bridgehead atoms. The molecule has 0 radical (unpaired) electrons. The van der Waals surface area contributed by atoms with E-state index in [1.54, 1.807) is 28.6 Å². The van der Waals surface area contributed by atoms with Gasteiger partial charge >= 0.3 is 6.09 Å². The van der Waals surface area contributed by atoms with Crippen molar-refractivity contribution in [1.29, 1.82) is 0 Å². The Hall–Kier alpha value is -2.28. The normalized spacial score (nSPS) is 10.1. The lowest BCUT2D eigenvalue weighted by Crippen LogP contribution is -2.39. The van der Waals surface area contributed by atoms with E-state index in [2.05, 4.69) is 10.1 Å². The second-order valence-electron chi connectivity index (χ2n) is 4.25. The fourth-order valence-electron chi connectivity index (χ4n) is 1.75. The van der Waals surface area contributed by atoms with Gasteiger partial charge in [0.25, 0.3) is 0 Å². The highest BCUT2D eigenvalue weighted by Gasteiger charge is 2.17. The SMILES string of the molecule is COC(=O)NCC(=O)N(Cc1ccco1)Cc1cccs1. The van der Waals surface area contributed by atoms with Gasteiger partial charge in [-0.3, -0.25) is 4.79 Å². The average Bonchev–Trinajstić information content (AvgIpc) is 3.17. The summed E-state index contributed by atoms with van der Waals surface area (Å²) in [5, 5.41) is 4.35. The number of alkyl carbamates (subject to hydrolysis) is 1. The van der Waals surface area contributed by atoms with Crippen LogP contribution in [0.2, 0.25) is 0 Å². The third-order valence-electron chi connectivity index (χ3n) is 2.78. The van der Waals surface area contributed by atoms with Crippen molar-refractivity contribution >= 4 is 23.3 Å². The van der Waals surface area contributed by atoms with E-state index in [0.717, 1.165) is 4.88 Å². The van der Waals surface area contributed by atoms with E-state index in [1.165, 1.54) is 7.11 Å². The zero-order valence-corrected chi connectivity index (χ0v) is 12.4. The third kappa shape index (κ3) is 4.64. The number of amides is 2. The summed E-state index contributed by atoms with van der Waals surface area (Å²) in [4.78, 5) is 26.0. The monoisotopic (exact) mass is 308 g/mol. The van der Waals surface area contributed by atoms with Crippen LogP contribution in [0, 0.1) is 0 Å². The Morgan fingerprint density at radius 2 is 2.19 bits per heavy atom. The summed E-state index contributed by atoms with van der Waals surface area (Å²) in [5.41, 5.74) is 0. The largest absolute Gasteiger partial charge is 0.467 e. The molecule has 2 aromatic rings. The molecule has 0 unspecified atom stereocenters. The van der Waals surface area contributed by atoms with E-state index in [1.807, 2.05) is 23.6 Å². The number of ether oxygens (including phenoxy) is 1. The van der Waals surface area contributed by atoms with E-state index in [9.17, 15) is 9.59 Å². The first-order valence-corrected chi connectivity index (χ1v) is 7.21. The molecule has 2 aromatic heterocycles. The number of rotatable bonds is 6. The van der Waals surface area contributed by atoms with Crippen LogP contribution in [-0.2, 0) is 22.6 Å². The average molecular weight is 308 g/mol. The number of hydrogen-bond donors (Lipinski definition) is 1. The van der Waals surface area contributed by atoms with Gasteiger partial charge in [0.15, 0.2) is 0 Å². The summed E-state index contributed by atoms with van der Waals surface area (Å²) in [6.07, 6.45) is 0.938. The summed E-state index contributed by atoms with van der Waals surface area (Å²) in [7, 11) is 1.26. The van der Waals surface area contributed by atoms with Crippen molar-refractivity contribution in [3.05, 3.63) is 46.5 Å². The highest BCUT2D eigenvalue weighted by atomic mass is 32.1. The molecule has 0 fully saturated rings. The van der Waals surface area contributed by atoms with E-state index in [4.69, 9.17) is 4.42 Å². The number of hydrogen-bond acceptors (Lipinski definition) is 5. The molecule has 2 rings (SSSR count). The lowest BCUT2D eigenvalue weighted by molar-refractivity contribution is -0.131. The van der Waals surface area contributed by atoms with Gasteiger partial charge in [0.1, 0.15) is 12.3 Å². The van der Waals surface area contributed by atoms with Gasteiger partial charge in [-0.2, -0.15) is 0 Å². The van der Waals surface area contributed by atoms with Crippen molar-refractivity contribution in [2.75, 3.05) is 13.7 Å². The van der Waals surface area contributed by atoms with Crippen LogP contribution in [-0.4, -0.2) is 30.6 Å². The van der Waals surface area contributed by atoms with Crippen molar-refractivity contribution in [3.63, 3.8) is 0 Å². The quantitative estimate of drug-likeness (QED) is 0.888. The Balaban J connectivity index is 2.00. The van der Waals surface area contributed by atoms with Crippen LogP contribution in [0.3, 0.4) is 0 Å². The number of nitrogens with one attached hydrogen (secondary N) is 1. The van der Waals surface area contributed by atoms with Crippen molar-refractivity contribution in [2.24, 2.45) is 0 Å². The van der Waals surface area contributed by atoms with E-state index < -0.39 is 6.09 Å². The maximum absolute atomic E-state index is 12.2. The zero-order valence-electron chi connectivity index (χ0n) is 11.6. The molecule has 2 heterocycles. The lowest BCUT2D eigenvalue weighted by atomic mass is 10.3. The van der Waals surface area contributed by atoms with Crippen molar-refractivity contribution in [2.45, 2.75) is 13.1 Å². The highest BCUT2D eigenvalue weighted by molar-refractivity contribution is 7.09. The standard InChI is InChI=1S/C14H16N2O4S/c1-19-14(18)15-8-13(17)16(9-11-4-2-6-20-11)10-12-5-3-7-21-12/h2-7H,8-10H2,1H3,(H,15,18).